The highest BCUT2D eigenvalue weighted by Gasteiger charge is 2.48. The van der Waals surface area contributed by atoms with Crippen molar-refractivity contribution in [2.24, 2.45) is 0 Å². The number of aliphatic hydroxyl groups is 4. The van der Waals surface area contributed by atoms with Crippen LogP contribution in [-0.4, -0.2) is 95.4 Å². The number of amides is 1. The molecule has 12 nitrogen and oxygen atoms in total. The second-order valence-electron chi connectivity index (χ2n) is 20.2. The third kappa shape index (κ3) is 37.6. The highest BCUT2D eigenvalue weighted by Crippen LogP contribution is 2.26. The van der Waals surface area contributed by atoms with Crippen LogP contribution in [0.1, 0.15) is 277 Å². The number of nitrogens with one attached hydrogen (secondary N) is 1. The summed E-state index contributed by atoms with van der Waals surface area (Å²) in [6.07, 6.45) is 45.4. The Hall–Kier alpha value is -1.16. The predicted octanol–water partition coefficient (Wildman–Crippen LogP) is 13.1. The summed E-state index contributed by atoms with van der Waals surface area (Å²) in [6.45, 7) is 3.43. The Balaban J connectivity index is 2.36. The lowest BCUT2D eigenvalue weighted by molar-refractivity contribution is -0.298. The quantitative estimate of drug-likeness (QED) is 0.0193. The lowest BCUT2D eigenvalue weighted by Gasteiger charge is -2.41. The Bertz CT molecular complexity index is 1260. The van der Waals surface area contributed by atoms with E-state index in [2.05, 4.69) is 23.3 Å². The fourth-order valence-corrected chi connectivity index (χ4v) is 9.91. The molecule has 0 radical (unpaired) electrons. The van der Waals surface area contributed by atoms with Gasteiger partial charge in [-0.1, -0.05) is 264 Å². The van der Waals surface area contributed by atoms with Gasteiger partial charge in [-0.2, -0.15) is 8.42 Å². The first-order valence-electron chi connectivity index (χ1n) is 28.6. The van der Waals surface area contributed by atoms with Gasteiger partial charge in [0.25, 0.3) is 0 Å². The van der Waals surface area contributed by atoms with Gasteiger partial charge in [-0.05, 0) is 19.3 Å². The minimum Gasteiger partial charge on any atom is -0.394 e. The van der Waals surface area contributed by atoms with Crippen LogP contribution in [0.5, 0.6) is 0 Å². The maximum Gasteiger partial charge on any atom is 0.397 e. The number of carbonyl (C=O) groups excluding carboxylic acids is 1. The van der Waals surface area contributed by atoms with Gasteiger partial charge in [0.1, 0.15) is 24.4 Å². The van der Waals surface area contributed by atoms with Crippen LogP contribution in [0, 0.1) is 0 Å². The zero-order valence-corrected chi connectivity index (χ0v) is 44.5. The lowest BCUT2D eigenvalue weighted by Crippen LogP contribution is -2.61. The maximum atomic E-state index is 13.1. The van der Waals surface area contributed by atoms with Gasteiger partial charge in [-0.25, -0.2) is 4.18 Å². The average molecular weight is 991 g/mol. The van der Waals surface area contributed by atoms with E-state index >= 15 is 0 Å². The van der Waals surface area contributed by atoms with Crippen molar-refractivity contribution in [2.75, 3.05) is 13.2 Å². The predicted molar refractivity (Wildman–Crippen MR) is 278 cm³/mol. The zero-order chi connectivity index (χ0) is 49.8. The first kappa shape index (κ1) is 64.9. The lowest BCUT2D eigenvalue weighted by atomic mass is 9.99. The van der Waals surface area contributed by atoms with Crippen molar-refractivity contribution in [2.45, 2.75) is 320 Å². The van der Waals surface area contributed by atoms with E-state index in [1.807, 2.05) is 6.08 Å². The van der Waals surface area contributed by atoms with Gasteiger partial charge in [0.2, 0.25) is 5.91 Å². The smallest absolute Gasteiger partial charge is 0.394 e. The molecule has 7 atom stereocenters. The van der Waals surface area contributed by atoms with Crippen molar-refractivity contribution in [3.63, 3.8) is 0 Å². The molecule has 68 heavy (non-hydrogen) atoms. The van der Waals surface area contributed by atoms with E-state index < -0.39 is 59.9 Å². The molecule has 1 heterocycles. The summed E-state index contributed by atoms with van der Waals surface area (Å²) < 4.78 is 47.8. The highest BCUT2D eigenvalue weighted by atomic mass is 32.3. The molecule has 0 bridgehead atoms. The summed E-state index contributed by atoms with van der Waals surface area (Å²) in [7, 11) is -5.09. The van der Waals surface area contributed by atoms with E-state index in [0.29, 0.717) is 6.42 Å². The van der Waals surface area contributed by atoms with Crippen molar-refractivity contribution in [1.29, 1.82) is 0 Å². The Kier molecular flexibility index (Phi) is 43.6. The van der Waals surface area contributed by atoms with E-state index in [-0.39, 0.29) is 18.9 Å². The van der Waals surface area contributed by atoms with Crippen molar-refractivity contribution in [1.82, 2.24) is 5.32 Å². The van der Waals surface area contributed by atoms with Crippen LogP contribution >= 0.6 is 0 Å². The van der Waals surface area contributed by atoms with Crippen molar-refractivity contribution in [3.05, 3.63) is 12.2 Å². The molecule has 0 spiro atoms. The summed E-state index contributed by atoms with van der Waals surface area (Å²) >= 11 is 0. The number of rotatable bonds is 50. The molecule has 1 aliphatic rings. The molecule has 13 heteroatoms. The van der Waals surface area contributed by atoms with E-state index in [1.165, 1.54) is 212 Å². The van der Waals surface area contributed by atoms with E-state index in [9.17, 15) is 38.2 Å². The highest BCUT2D eigenvalue weighted by molar-refractivity contribution is 7.80. The van der Waals surface area contributed by atoms with Gasteiger partial charge in [-0.3, -0.25) is 9.35 Å². The Morgan fingerprint density at radius 2 is 0.926 bits per heavy atom. The number of carbonyl (C=O) groups is 1. The normalized spacial score (nSPS) is 19.8. The Morgan fingerprint density at radius 1 is 0.574 bits per heavy atom. The third-order valence-corrected chi connectivity index (χ3v) is 14.3. The second-order valence-corrected chi connectivity index (χ2v) is 21.3. The first-order valence-corrected chi connectivity index (χ1v) is 29.9. The van der Waals surface area contributed by atoms with Gasteiger partial charge < -0.3 is 35.2 Å². The van der Waals surface area contributed by atoms with Gasteiger partial charge in [0.05, 0.1) is 25.4 Å². The van der Waals surface area contributed by atoms with Crippen molar-refractivity contribution >= 4 is 16.3 Å². The fourth-order valence-electron chi connectivity index (χ4n) is 9.40. The number of hydrogen-bond acceptors (Lipinski definition) is 10. The molecule has 7 unspecified atom stereocenters. The van der Waals surface area contributed by atoms with Crippen LogP contribution in [0.15, 0.2) is 12.2 Å². The van der Waals surface area contributed by atoms with Gasteiger partial charge in [0.15, 0.2) is 6.29 Å². The van der Waals surface area contributed by atoms with Crippen LogP contribution in [0.2, 0.25) is 0 Å². The summed E-state index contributed by atoms with van der Waals surface area (Å²) in [5.74, 6) is -0.257. The molecule has 0 aromatic carbocycles. The van der Waals surface area contributed by atoms with E-state index in [1.54, 1.807) is 6.08 Å². The SMILES string of the molecule is CCCCCCCCCCCCCCCCCCCCCCCCC/C=C/C(O)C(COC1OC(CO)C(O)C(OS(=O)(=O)O)C1O)NC(=O)CCCCCCCCCCCCCCCCCC. The Morgan fingerprint density at radius 3 is 1.28 bits per heavy atom. The molecule has 1 amide bonds. The monoisotopic (exact) mass is 990 g/mol. The summed E-state index contributed by atoms with van der Waals surface area (Å²) in [5.41, 5.74) is 0. The molecular formula is C55H107NO11S. The first-order chi connectivity index (χ1) is 33.0. The number of hydrogen-bond donors (Lipinski definition) is 6. The standard InChI is InChI=1S/C55H107NO11S/c1-3-5-7-9-11-13-15-17-19-21-22-23-24-25-26-27-28-29-30-32-34-36-38-40-42-44-49(58)48(47-65-55-53(61)54(67-68(62,63)64)52(60)50(46-57)66-55)56-51(59)45-43-41-39-37-35-33-31-20-18-16-14-12-10-8-6-4-2/h42,44,48-50,52-55,57-58,60-61H,3-41,43,45-47H2,1-2H3,(H,56,59)(H,62,63,64)/b44-42+. The van der Waals surface area contributed by atoms with Crippen LogP contribution in [0.25, 0.3) is 0 Å². The molecule has 1 saturated heterocycles. The number of unbranched alkanes of at least 4 members (excludes halogenated alkanes) is 38. The van der Waals surface area contributed by atoms with Crippen molar-refractivity contribution in [3.8, 4) is 0 Å². The molecule has 1 fully saturated rings. The third-order valence-electron chi connectivity index (χ3n) is 13.8. The molecule has 404 valence electrons. The second kappa shape index (κ2) is 45.7. The number of aliphatic hydroxyl groups excluding tert-OH is 4. The van der Waals surface area contributed by atoms with Crippen LogP contribution in [0.4, 0.5) is 0 Å². The minimum absolute atomic E-state index is 0.257. The summed E-state index contributed by atoms with van der Waals surface area (Å²) in [4.78, 5) is 13.1. The topological polar surface area (TPSA) is 192 Å². The van der Waals surface area contributed by atoms with Gasteiger partial charge in [-0.15, -0.1) is 0 Å². The molecule has 0 aromatic rings. The fraction of sp³-hybridized carbons (Fsp3) is 0.945. The summed E-state index contributed by atoms with van der Waals surface area (Å²) in [5, 5.41) is 44.9. The summed E-state index contributed by atoms with van der Waals surface area (Å²) in [6, 6.07) is -0.939. The van der Waals surface area contributed by atoms with E-state index in [0.717, 1.165) is 38.5 Å². The molecule has 0 aromatic heterocycles. The van der Waals surface area contributed by atoms with Crippen LogP contribution in [-0.2, 0) is 28.9 Å². The molecular weight excluding hydrogens is 883 g/mol. The number of ether oxygens (including phenoxy) is 2. The molecule has 1 rings (SSSR count). The van der Waals surface area contributed by atoms with Crippen LogP contribution < -0.4 is 5.32 Å². The molecule has 1 aliphatic heterocycles. The number of allylic oxidation sites excluding steroid dienone is 1. The molecule has 0 saturated carbocycles. The van der Waals surface area contributed by atoms with Crippen LogP contribution in [0.3, 0.4) is 0 Å². The average Bonchev–Trinajstić information content (AvgIpc) is 3.31. The Labute approximate surface area is 417 Å². The van der Waals surface area contributed by atoms with E-state index in [4.69, 9.17) is 9.47 Å². The zero-order valence-electron chi connectivity index (χ0n) is 43.7. The minimum atomic E-state index is -5.09. The van der Waals surface area contributed by atoms with Gasteiger partial charge >= 0.3 is 10.4 Å². The van der Waals surface area contributed by atoms with Gasteiger partial charge in [0, 0.05) is 6.42 Å². The largest absolute Gasteiger partial charge is 0.397 e. The van der Waals surface area contributed by atoms with Crippen molar-refractivity contribution < 1.29 is 51.8 Å². The maximum absolute atomic E-state index is 13.1. The molecule has 6 N–H and O–H groups in total. The molecule has 0 aliphatic carbocycles.